The van der Waals surface area contributed by atoms with Gasteiger partial charge in [0.25, 0.3) is 0 Å². The van der Waals surface area contributed by atoms with Crippen LogP contribution in [0.25, 0.3) is 10.7 Å². The van der Waals surface area contributed by atoms with Crippen molar-refractivity contribution in [1.29, 1.82) is 0 Å². The predicted molar refractivity (Wildman–Crippen MR) is 75.0 cm³/mol. The van der Waals surface area contributed by atoms with Gasteiger partial charge in [-0.1, -0.05) is 18.5 Å². The van der Waals surface area contributed by atoms with E-state index in [2.05, 4.69) is 11.9 Å². The first-order valence-corrected chi connectivity index (χ1v) is 7.34. The summed E-state index contributed by atoms with van der Waals surface area (Å²) in [4.78, 5) is 16.6. The molecule has 2 aromatic heterocycles. The molecule has 1 aliphatic rings. The Bertz CT molecular complexity index is 647. The van der Waals surface area contributed by atoms with E-state index in [4.69, 9.17) is 11.6 Å². The molecule has 0 spiro atoms. The number of hydrogen-bond acceptors (Lipinski definition) is 3. The minimum absolute atomic E-state index is 0.186. The minimum Gasteiger partial charge on any atom is -0.476 e. The standard InChI is InChI=1S/C13H13ClN2O2S/c1-7-4-5-16-8(6-7)11(13(17)18)15-12(16)9-2-3-10(14)19-9/h2-3,7H,4-6H2,1H3,(H,17,18). The molecule has 19 heavy (non-hydrogen) atoms. The molecule has 0 amide bonds. The van der Waals surface area contributed by atoms with E-state index in [0.29, 0.717) is 10.3 Å². The second-order valence-corrected chi connectivity index (χ2v) is 6.60. The van der Waals surface area contributed by atoms with Gasteiger partial charge in [0.1, 0.15) is 0 Å². The molecule has 0 radical (unpaired) electrons. The first-order chi connectivity index (χ1) is 9.06. The van der Waals surface area contributed by atoms with E-state index in [-0.39, 0.29) is 5.69 Å². The maximum absolute atomic E-state index is 11.3. The van der Waals surface area contributed by atoms with Gasteiger partial charge in [0.15, 0.2) is 11.5 Å². The average molecular weight is 297 g/mol. The second kappa shape index (κ2) is 4.65. The number of carboxylic acid groups (broad SMARTS) is 1. The van der Waals surface area contributed by atoms with Crippen molar-refractivity contribution in [1.82, 2.24) is 9.55 Å². The summed E-state index contributed by atoms with van der Waals surface area (Å²) in [7, 11) is 0. The normalized spacial score (nSPS) is 18.3. The van der Waals surface area contributed by atoms with Gasteiger partial charge in [0, 0.05) is 6.54 Å². The SMILES string of the molecule is CC1CCn2c(-c3ccc(Cl)s3)nc(C(=O)O)c2C1. The topological polar surface area (TPSA) is 55.1 Å². The Morgan fingerprint density at radius 1 is 1.58 bits per heavy atom. The zero-order valence-electron chi connectivity index (χ0n) is 10.4. The van der Waals surface area contributed by atoms with Gasteiger partial charge in [-0.3, -0.25) is 0 Å². The molecule has 0 bridgehead atoms. The average Bonchev–Trinajstić information content (AvgIpc) is 2.92. The lowest BCUT2D eigenvalue weighted by molar-refractivity contribution is 0.0689. The van der Waals surface area contributed by atoms with Gasteiger partial charge in [-0.2, -0.15) is 0 Å². The summed E-state index contributed by atoms with van der Waals surface area (Å²) in [5.74, 6) is 0.282. The van der Waals surface area contributed by atoms with Crippen LogP contribution in [0.1, 0.15) is 29.5 Å². The summed E-state index contributed by atoms with van der Waals surface area (Å²) in [6, 6.07) is 3.71. The van der Waals surface area contributed by atoms with Crippen LogP contribution in [0.3, 0.4) is 0 Å². The molecule has 0 aliphatic carbocycles. The molecule has 100 valence electrons. The van der Waals surface area contributed by atoms with E-state index in [1.54, 1.807) is 0 Å². The van der Waals surface area contributed by atoms with Gasteiger partial charge < -0.3 is 9.67 Å². The second-order valence-electron chi connectivity index (χ2n) is 4.89. The van der Waals surface area contributed by atoms with E-state index in [9.17, 15) is 9.90 Å². The fourth-order valence-corrected chi connectivity index (χ4v) is 3.55. The van der Waals surface area contributed by atoms with E-state index in [0.717, 1.165) is 35.8 Å². The van der Waals surface area contributed by atoms with Crippen molar-refractivity contribution >= 4 is 28.9 Å². The Kier molecular flexibility index (Phi) is 3.11. The van der Waals surface area contributed by atoms with Gasteiger partial charge in [-0.25, -0.2) is 9.78 Å². The van der Waals surface area contributed by atoms with Gasteiger partial charge in [-0.05, 0) is 30.9 Å². The first kappa shape index (κ1) is 12.7. The first-order valence-electron chi connectivity index (χ1n) is 6.14. The molecule has 3 rings (SSSR count). The third-order valence-electron chi connectivity index (χ3n) is 3.46. The lowest BCUT2D eigenvalue weighted by Gasteiger charge is -2.21. The zero-order chi connectivity index (χ0) is 13.6. The van der Waals surface area contributed by atoms with Gasteiger partial charge in [-0.15, -0.1) is 11.3 Å². The Hall–Kier alpha value is -1.33. The van der Waals surface area contributed by atoms with Gasteiger partial charge in [0.2, 0.25) is 0 Å². The number of carboxylic acids is 1. The van der Waals surface area contributed by atoms with E-state index in [1.165, 1.54) is 11.3 Å². The Labute approximate surface area is 119 Å². The Balaban J connectivity index is 2.16. The summed E-state index contributed by atoms with van der Waals surface area (Å²) in [5, 5.41) is 9.29. The number of carbonyl (C=O) groups is 1. The molecule has 1 unspecified atom stereocenters. The van der Waals surface area contributed by atoms with Crippen molar-refractivity contribution in [2.75, 3.05) is 0 Å². The highest BCUT2D eigenvalue weighted by molar-refractivity contribution is 7.19. The summed E-state index contributed by atoms with van der Waals surface area (Å²) in [6.07, 6.45) is 1.82. The van der Waals surface area contributed by atoms with Crippen LogP contribution in [0.4, 0.5) is 0 Å². The van der Waals surface area contributed by atoms with Crippen molar-refractivity contribution in [2.45, 2.75) is 26.3 Å². The van der Waals surface area contributed by atoms with Gasteiger partial charge >= 0.3 is 5.97 Å². The number of nitrogens with zero attached hydrogens (tertiary/aromatic N) is 2. The number of hydrogen-bond donors (Lipinski definition) is 1. The van der Waals surface area contributed by atoms with Crippen LogP contribution in [0.15, 0.2) is 12.1 Å². The molecule has 3 heterocycles. The number of thiophene rings is 1. The van der Waals surface area contributed by atoms with Crippen LogP contribution >= 0.6 is 22.9 Å². The van der Waals surface area contributed by atoms with Crippen molar-refractivity contribution in [3.63, 3.8) is 0 Å². The van der Waals surface area contributed by atoms with Crippen LogP contribution in [-0.4, -0.2) is 20.6 Å². The lowest BCUT2D eigenvalue weighted by Crippen LogP contribution is -2.19. The molecule has 4 nitrogen and oxygen atoms in total. The molecule has 0 saturated carbocycles. The molecule has 1 atom stereocenters. The highest BCUT2D eigenvalue weighted by atomic mass is 35.5. The number of rotatable bonds is 2. The molecule has 6 heteroatoms. The fraction of sp³-hybridized carbons (Fsp3) is 0.385. The monoisotopic (exact) mass is 296 g/mol. The van der Waals surface area contributed by atoms with Crippen LogP contribution in [0.2, 0.25) is 4.34 Å². The number of aromatic carboxylic acids is 1. The molecular formula is C13H13ClN2O2S. The molecule has 0 fully saturated rings. The summed E-state index contributed by atoms with van der Waals surface area (Å²) < 4.78 is 2.72. The third kappa shape index (κ3) is 2.17. The van der Waals surface area contributed by atoms with Crippen molar-refractivity contribution in [3.05, 3.63) is 27.9 Å². The molecule has 0 saturated heterocycles. The van der Waals surface area contributed by atoms with E-state index < -0.39 is 5.97 Å². The number of imidazole rings is 1. The largest absolute Gasteiger partial charge is 0.476 e. The van der Waals surface area contributed by atoms with Crippen molar-refractivity contribution in [3.8, 4) is 10.7 Å². The van der Waals surface area contributed by atoms with Crippen LogP contribution in [-0.2, 0) is 13.0 Å². The Morgan fingerprint density at radius 3 is 3.00 bits per heavy atom. The van der Waals surface area contributed by atoms with E-state index in [1.807, 2.05) is 16.7 Å². The summed E-state index contributed by atoms with van der Waals surface area (Å²) in [6.45, 7) is 2.96. The maximum Gasteiger partial charge on any atom is 0.356 e. The Morgan fingerprint density at radius 2 is 2.37 bits per heavy atom. The zero-order valence-corrected chi connectivity index (χ0v) is 12.0. The van der Waals surface area contributed by atoms with Crippen LogP contribution < -0.4 is 0 Å². The number of halogens is 1. The van der Waals surface area contributed by atoms with Crippen LogP contribution in [0, 0.1) is 5.92 Å². The van der Waals surface area contributed by atoms with Gasteiger partial charge in [0.05, 0.1) is 14.9 Å². The molecule has 1 N–H and O–H groups in total. The summed E-state index contributed by atoms with van der Waals surface area (Å²) >= 11 is 7.38. The molecule has 2 aromatic rings. The third-order valence-corrected chi connectivity index (χ3v) is 4.68. The number of fused-ring (bicyclic) bond motifs is 1. The maximum atomic E-state index is 11.3. The van der Waals surface area contributed by atoms with Crippen LogP contribution in [0.5, 0.6) is 0 Å². The highest BCUT2D eigenvalue weighted by Gasteiger charge is 2.27. The minimum atomic E-state index is -0.952. The smallest absolute Gasteiger partial charge is 0.356 e. The predicted octanol–water partition coefficient (Wildman–Crippen LogP) is 3.55. The molecular weight excluding hydrogens is 284 g/mol. The van der Waals surface area contributed by atoms with E-state index >= 15 is 0 Å². The fourth-order valence-electron chi connectivity index (χ4n) is 2.51. The highest BCUT2D eigenvalue weighted by Crippen LogP contribution is 2.34. The lowest BCUT2D eigenvalue weighted by atomic mass is 9.97. The molecule has 0 aromatic carbocycles. The molecule has 1 aliphatic heterocycles. The number of aromatic nitrogens is 2. The van der Waals surface area contributed by atoms with Crippen molar-refractivity contribution in [2.24, 2.45) is 5.92 Å². The quantitative estimate of drug-likeness (QED) is 0.922. The van der Waals surface area contributed by atoms with Crippen molar-refractivity contribution < 1.29 is 9.90 Å². The summed E-state index contributed by atoms with van der Waals surface area (Å²) in [5.41, 5.74) is 1.02.